The molecule has 0 aliphatic heterocycles. The highest BCUT2D eigenvalue weighted by Gasteiger charge is 2.10. The zero-order valence-corrected chi connectivity index (χ0v) is 20.0. The van der Waals surface area contributed by atoms with Gasteiger partial charge in [0.25, 0.3) is 0 Å². The van der Waals surface area contributed by atoms with Gasteiger partial charge in [0, 0.05) is 27.2 Å². The number of halogens is 2. The number of hydrogen-bond donors (Lipinski definition) is 1. The molecule has 0 bridgehead atoms. The SMILES string of the molecule is CCN(CC)CCCC(C)Nc1cc(/C=C/c2cccc(Cl)c2)nc2cc(Cl)ccc12. The molecule has 3 aromatic rings. The molecule has 3 nitrogen and oxygen atoms in total. The summed E-state index contributed by atoms with van der Waals surface area (Å²) in [6.07, 6.45) is 6.33. The predicted molar refractivity (Wildman–Crippen MR) is 137 cm³/mol. The fraction of sp³-hybridized carbons (Fsp3) is 0.346. The third kappa shape index (κ3) is 6.96. The van der Waals surface area contributed by atoms with Gasteiger partial charge in [0.15, 0.2) is 0 Å². The summed E-state index contributed by atoms with van der Waals surface area (Å²) in [5, 5.41) is 6.20. The number of anilines is 1. The molecular formula is C26H31Cl2N3. The van der Waals surface area contributed by atoms with E-state index in [4.69, 9.17) is 28.2 Å². The van der Waals surface area contributed by atoms with Crippen LogP contribution >= 0.6 is 23.2 Å². The van der Waals surface area contributed by atoms with Gasteiger partial charge in [-0.2, -0.15) is 0 Å². The van der Waals surface area contributed by atoms with Crippen LogP contribution in [0, 0.1) is 0 Å². The molecule has 1 heterocycles. The number of nitrogens with zero attached hydrogens (tertiary/aromatic N) is 2. The fourth-order valence-corrected chi connectivity index (χ4v) is 4.08. The van der Waals surface area contributed by atoms with Gasteiger partial charge in [-0.15, -0.1) is 0 Å². The molecule has 0 radical (unpaired) electrons. The molecule has 0 saturated carbocycles. The molecule has 0 saturated heterocycles. The van der Waals surface area contributed by atoms with Crippen LogP contribution in [-0.2, 0) is 0 Å². The van der Waals surface area contributed by atoms with E-state index in [1.165, 1.54) is 6.42 Å². The molecule has 164 valence electrons. The molecule has 1 unspecified atom stereocenters. The van der Waals surface area contributed by atoms with Crippen molar-refractivity contribution in [1.29, 1.82) is 0 Å². The average Bonchev–Trinajstić information content (AvgIpc) is 2.75. The van der Waals surface area contributed by atoms with E-state index >= 15 is 0 Å². The lowest BCUT2D eigenvalue weighted by Gasteiger charge is -2.21. The molecule has 0 amide bonds. The van der Waals surface area contributed by atoms with E-state index in [9.17, 15) is 0 Å². The number of rotatable bonds is 10. The van der Waals surface area contributed by atoms with E-state index in [1.807, 2.05) is 54.6 Å². The highest BCUT2D eigenvalue weighted by atomic mass is 35.5. The van der Waals surface area contributed by atoms with Crippen LogP contribution in [0.5, 0.6) is 0 Å². The third-order valence-corrected chi connectivity index (χ3v) is 5.96. The lowest BCUT2D eigenvalue weighted by Crippen LogP contribution is -2.25. The zero-order valence-electron chi connectivity index (χ0n) is 18.5. The van der Waals surface area contributed by atoms with E-state index in [-0.39, 0.29) is 0 Å². The normalized spacial score (nSPS) is 12.7. The number of pyridine rings is 1. The van der Waals surface area contributed by atoms with Crippen LogP contribution in [0.3, 0.4) is 0 Å². The predicted octanol–water partition coefficient (Wildman–Crippen LogP) is 7.63. The summed E-state index contributed by atoms with van der Waals surface area (Å²) in [4.78, 5) is 7.27. The first-order valence-electron chi connectivity index (χ1n) is 11.0. The summed E-state index contributed by atoms with van der Waals surface area (Å²) in [6, 6.07) is 16.1. The molecule has 0 fully saturated rings. The summed E-state index contributed by atoms with van der Waals surface area (Å²) in [7, 11) is 0. The third-order valence-electron chi connectivity index (χ3n) is 5.49. The van der Waals surface area contributed by atoms with Gasteiger partial charge in [0.2, 0.25) is 0 Å². The van der Waals surface area contributed by atoms with Crippen molar-refractivity contribution in [3.8, 4) is 0 Å². The summed E-state index contributed by atoms with van der Waals surface area (Å²) in [6.45, 7) is 10.0. The molecule has 0 aliphatic rings. The first-order valence-corrected chi connectivity index (χ1v) is 11.8. The van der Waals surface area contributed by atoms with Crippen molar-refractivity contribution in [3.05, 3.63) is 69.8 Å². The largest absolute Gasteiger partial charge is 0.382 e. The minimum atomic E-state index is 0.363. The highest BCUT2D eigenvalue weighted by Crippen LogP contribution is 2.28. The second-order valence-corrected chi connectivity index (χ2v) is 8.73. The lowest BCUT2D eigenvalue weighted by atomic mass is 10.1. The van der Waals surface area contributed by atoms with Crippen LogP contribution in [0.4, 0.5) is 5.69 Å². The Morgan fingerprint density at radius 3 is 2.52 bits per heavy atom. The maximum Gasteiger partial charge on any atom is 0.0744 e. The number of fused-ring (bicyclic) bond motifs is 1. The summed E-state index contributed by atoms with van der Waals surface area (Å²) < 4.78 is 0. The van der Waals surface area contributed by atoms with Crippen LogP contribution in [0.25, 0.3) is 23.1 Å². The summed E-state index contributed by atoms with van der Waals surface area (Å²) >= 11 is 12.4. The standard InChI is InChI=1S/C26H31Cl2N3/c1-4-31(5-2)15-7-8-19(3)29-26-18-23(13-11-20-9-6-10-21(27)16-20)30-25-17-22(28)12-14-24(25)26/h6,9-14,16-19H,4-5,7-8,15H2,1-3H3,(H,29,30)/b13-11+. The topological polar surface area (TPSA) is 28.2 Å². The first kappa shape index (κ1) is 23.6. The molecular weight excluding hydrogens is 425 g/mol. The van der Waals surface area contributed by atoms with Crippen LogP contribution in [0.2, 0.25) is 10.0 Å². The average molecular weight is 456 g/mol. The second-order valence-electron chi connectivity index (χ2n) is 7.86. The van der Waals surface area contributed by atoms with Crippen molar-refractivity contribution in [2.75, 3.05) is 25.0 Å². The van der Waals surface area contributed by atoms with Gasteiger partial charge in [-0.3, -0.25) is 0 Å². The van der Waals surface area contributed by atoms with Gasteiger partial charge < -0.3 is 10.2 Å². The Hall–Kier alpha value is -2.07. The van der Waals surface area contributed by atoms with Gasteiger partial charge in [-0.05, 0) is 87.4 Å². The Morgan fingerprint density at radius 2 is 1.77 bits per heavy atom. The smallest absolute Gasteiger partial charge is 0.0744 e. The molecule has 2 aromatic carbocycles. The van der Waals surface area contributed by atoms with E-state index in [0.29, 0.717) is 11.1 Å². The maximum absolute atomic E-state index is 6.25. The molecule has 0 aliphatic carbocycles. The summed E-state index contributed by atoms with van der Waals surface area (Å²) in [5.41, 5.74) is 3.90. The van der Waals surface area contributed by atoms with Crippen molar-refractivity contribution in [3.63, 3.8) is 0 Å². The quantitative estimate of drug-likeness (QED) is 0.340. The first-order chi connectivity index (χ1) is 15.0. The second kappa shape index (κ2) is 11.5. The Labute approximate surface area is 196 Å². The molecule has 1 N–H and O–H groups in total. The van der Waals surface area contributed by atoms with E-state index in [1.54, 1.807) is 0 Å². The minimum Gasteiger partial charge on any atom is -0.382 e. The van der Waals surface area contributed by atoms with Crippen molar-refractivity contribution >= 4 is 51.9 Å². The molecule has 1 atom stereocenters. The van der Waals surface area contributed by atoms with Crippen molar-refractivity contribution in [1.82, 2.24) is 9.88 Å². The van der Waals surface area contributed by atoms with Crippen LogP contribution in [0.1, 0.15) is 44.9 Å². The van der Waals surface area contributed by atoms with Gasteiger partial charge in [-0.1, -0.05) is 55.3 Å². The van der Waals surface area contributed by atoms with Gasteiger partial charge >= 0.3 is 0 Å². The molecule has 31 heavy (non-hydrogen) atoms. The van der Waals surface area contributed by atoms with Crippen LogP contribution in [-0.4, -0.2) is 35.6 Å². The highest BCUT2D eigenvalue weighted by molar-refractivity contribution is 6.31. The Kier molecular flexibility index (Phi) is 8.77. The Morgan fingerprint density at radius 1 is 1.00 bits per heavy atom. The van der Waals surface area contributed by atoms with Crippen molar-refractivity contribution in [2.45, 2.75) is 39.7 Å². The van der Waals surface area contributed by atoms with Gasteiger partial charge in [0.05, 0.1) is 11.2 Å². The van der Waals surface area contributed by atoms with E-state index in [2.05, 4.69) is 37.1 Å². The van der Waals surface area contributed by atoms with Gasteiger partial charge in [-0.25, -0.2) is 4.98 Å². The number of benzene rings is 2. The van der Waals surface area contributed by atoms with Crippen molar-refractivity contribution < 1.29 is 0 Å². The van der Waals surface area contributed by atoms with E-state index in [0.717, 1.165) is 58.9 Å². The lowest BCUT2D eigenvalue weighted by molar-refractivity contribution is 0.295. The molecule has 0 spiro atoms. The van der Waals surface area contributed by atoms with Crippen LogP contribution in [0.15, 0.2) is 48.5 Å². The number of nitrogens with one attached hydrogen (secondary N) is 1. The molecule has 5 heteroatoms. The Bertz CT molecular complexity index is 1030. The number of hydrogen-bond acceptors (Lipinski definition) is 3. The van der Waals surface area contributed by atoms with Gasteiger partial charge in [0.1, 0.15) is 0 Å². The van der Waals surface area contributed by atoms with E-state index < -0.39 is 0 Å². The summed E-state index contributed by atoms with van der Waals surface area (Å²) in [5.74, 6) is 0. The zero-order chi connectivity index (χ0) is 22.2. The van der Waals surface area contributed by atoms with Crippen LogP contribution < -0.4 is 5.32 Å². The molecule has 1 aromatic heterocycles. The monoisotopic (exact) mass is 455 g/mol. The number of aromatic nitrogens is 1. The minimum absolute atomic E-state index is 0.363. The Balaban J connectivity index is 1.80. The van der Waals surface area contributed by atoms with Crippen molar-refractivity contribution in [2.24, 2.45) is 0 Å². The fourth-order valence-electron chi connectivity index (χ4n) is 3.72. The maximum atomic E-state index is 6.25. The molecule has 3 rings (SSSR count).